The molecule has 2 atom stereocenters. The predicted molar refractivity (Wildman–Crippen MR) is 237 cm³/mol. The summed E-state index contributed by atoms with van der Waals surface area (Å²) in [6.07, 6.45) is 59.4. The molecule has 0 fully saturated rings. The highest BCUT2D eigenvalue weighted by atomic mass is 31.2. The lowest BCUT2D eigenvalue weighted by Crippen LogP contribution is -2.28. The minimum Gasteiger partial charge on any atom is -0.457 e. The molecule has 3 N–H and O–H groups in total. The molecule has 56 heavy (non-hydrogen) atoms. The normalized spacial score (nSPS) is 14.7. The Morgan fingerprint density at radius 2 is 0.946 bits per heavy atom. The van der Waals surface area contributed by atoms with Crippen LogP contribution >= 0.6 is 7.82 Å². The van der Waals surface area contributed by atoms with Gasteiger partial charge in [0.25, 0.3) is 0 Å². The van der Waals surface area contributed by atoms with Crippen LogP contribution in [-0.2, 0) is 27.9 Å². The Hall–Kier alpha value is -3.10. The summed E-state index contributed by atoms with van der Waals surface area (Å²) in [5, 5.41) is 0. The van der Waals surface area contributed by atoms with Crippen LogP contribution in [0.3, 0.4) is 0 Å². The van der Waals surface area contributed by atoms with Crippen molar-refractivity contribution in [2.75, 3.05) is 33.0 Å². The zero-order chi connectivity index (χ0) is 40.9. The first-order chi connectivity index (χ1) is 27.4. The van der Waals surface area contributed by atoms with Crippen molar-refractivity contribution in [1.82, 2.24) is 0 Å². The highest BCUT2D eigenvalue weighted by Crippen LogP contribution is 2.43. The Kier molecular flexibility index (Phi) is 40.6. The van der Waals surface area contributed by atoms with Gasteiger partial charge in [-0.15, -0.1) is 0 Å². The molecule has 0 aliphatic heterocycles. The second-order valence-electron chi connectivity index (χ2n) is 13.1. The minimum absolute atomic E-state index is 0.0675. The van der Waals surface area contributed by atoms with Crippen molar-refractivity contribution in [2.24, 2.45) is 5.73 Å². The number of carbonyl (C=O) groups excluding carboxylic acids is 1. The number of rotatable bonds is 38. The summed E-state index contributed by atoms with van der Waals surface area (Å²) in [6.45, 7) is 4.50. The van der Waals surface area contributed by atoms with Gasteiger partial charge in [0.1, 0.15) is 6.10 Å². The predicted octanol–water partition coefficient (Wildman–Crippen LogP) is 12.6. The molecule has 0 spiro atoms. The minimum atomic E-state index is -4.31. The van der Waals surface area contributed by atoms with E-state index in [1.807, 2.05) is 0 Å². The van der Waals surface area contributed by atoms with E-state index in [1.54, 1.807) is 0 Å². The molecule has 0 aromatic carbocycles. The van der Waals surface area contributed by atoms with Crippen LogP contribution in [0.15, 0.2) is 122 Å². The molecule has 9 heteroatoms. The molecule has 316 valence electrons. The van der Waals surface area contributed by atoms with Gasteiger partial charge in [0.05, 0.1) is 19.8 Å². The lowest BCUT2D eigenvalue weighted by atomic mass is 10.2. The largest absolute Gasteiger partial charge is 0.472 e. The topological polar surface area (TPSA) is 117 Å². The summed E-state index contributed by atoms with van der Waals surface area (Å²) in [7, 11) is -4.31. The van der Waals surface area contributed by atoms with E-state index < -0.39 is 19.9 Å². The van der Waals surface area contributed by atoms with E-state index in [1.165, 1.54) is 0 Å². The summed E-state index contributed by atoms with van der Waals surface area (Å²) in [4.78, 5) is 22.5. The average Bonchev–Trinajstić information content (AvgIpc) is 3.19. The second-order valence-corrected chi connectivity index (χ2v) is 14.5. The molecule has 8 nitrogen and oxygen atoms in total. The number of unbranched alkanes of at least 4 members (excludes halogenated alkanes) is 5. The Balaban J connectivity index is 4.24. The number of esters is 1. The van der Waals surface area contributed by atoms with Crippen molar-refractivity contribution in [3.8, 4) is 0 Å². The number of phosphoric ester groups is 1. The molecule has 0 saturated heterocycles. The van der Waals surface area contributed by atoms with Gasteiger partial charge < -0.3 is 20.1 Å². The number of ether oxygens (including phenoxy) is 2. The molecule has 0 rings (SSSR count). The van der Waals surface area contributed by atoms with Crippen LogP contribution in [0.2, 0.25) is 0 Å². The van der Waals surface area contributed by atoms with Crippen molar-refractivity contribution >= 4 is 13.8 Å². The Labute approximate surface area is 341 Å². The highest BCUT2D eigenvalue weighted by molar-refractivity contribution is 7.47. The van der Waals surface area contributed by atoms with Crippen LogP contribution < -0.4 is 5.73 Å². The fraction of sp³-hybridized carbons (Fsp3) is 0.553. The number of hydrogen-bond donors (Lipinski definition) is 2. The third kappa shape index (κ3) is 42.1. The zero-order valence-corrected chi connectivity index (χ0v) is 35.7. The van der Waals surface area contributed by atoms with Crippen molar-refractivity contribution in [3.05, 3.63) is 122 Å². The molecule has 0 aromatic rings. The van der Waals surface area contributed by atoms with Gasteiger partial charge >= 0.3 is 13.8 Å². The van der Waals surface area contributed by atoms with Gasteiger partial charge in [-0.1, -0.05) is 142 Å². The Morgan fingerprint density at radius 1 is 0.536 bits per heavy atom. The van der Waals surface area contributed by atoms with Gasteiger partial charge in [0.15, 0.2) is 0 Å². The van der Waals surface area contributed by atoms with E-state index in [-0.39, 0.29) is 32.8 Å². The summed E-state index contributed by atoms with van der Waals surface area (Å²) in [5.41, 5.74) is 5.36. The van der Waals surface area contributed by atoms with E-state index >= 15 is 0 Å². The van der Waals surface area contributed by atoms with E-state index in [2.05, 4.69) is 135 Å². The molecule has 0 aliphatic carbocycles. The third-order valence-electron chi connectivity index (χ3n) is 7.87. The monoisotopic (exact) mass is 798 g/mol. The third-order valence-corrected chi connectivity index (χ3v) is 8.86. The van der Waals surface area contributed by atoms with Crippen LogP contribution in [0, 0.1) is 0 Å². The van der Waals surface area contributed by atoms with Crippen molar-refractivity contribution in [2.45, 2.75) is 136 Å². The smallest absolute Gasteiger partial charge is 0.457 e. The maximum atomic E-state index is 12.6. The average molecular weight is 798 g/mol. The van der Waals surface area contributed by atoms with Gasteiger partial charge in [-0.3, -0.25) is 13.8 Å². The van der Waals surface area contributed by atoms with E-state index in [9.17, 15) is 14.3 Å². The molecule has 0 saturated carbocycles. The lowest BCUT2D eigenvalue weighted by Gasteiger charge is -2.20. The van der Waals surface area contributed by atoms with Gasteiger partial charge in [-0.25, -0.2) is 4.57 Å². The van der Waals surface area contributed by atoms with Crippen LogP contribution in [0.4, 0.5) is 0 Å². The molecule has 0 heterocycles. The fourth-order valence-corrected chi connectivity index (χ4v) is 5.64. The molecule has 0 amide bonds. The quantitative estimate of drug-likeness (QED) is 0.0274. The standard InChI is InChI=1S/C47H76NO7P/c1-3-5-7-9-11-13-15-17-19-21-22-23-24-25-26-28-30-32-34-36-38-40-47(49)55-46(45-54-56(50,51)53-43-41-48)44-52-42-39-37-35-33-31-29-27-20-18-16-14-12-10-8-6-4-2/h5-8,11-14,17-20,22-23,25-26,29-32,46H,3-4,9-10,15-16,21,24,27-28,33-45,48H2,1-2H3,(H,50,51)/b7-5-,8-6-,13-11-,14-12-,19-17-,20-18-,23-22-,26-25-,31-29-,32-30-. The molecular formula is C47H76NO7P. The maximum absolute atomic E-state index is 12.6. The van der Waals surface area contributed by atoms with E-state index in [0.717, 1.165) is 103 Å². The summed E-state index contributed by atoms with van der Waals surface area (Å²) >= 11 is 0. The highest BCUT2D eigenvalue weighted by Gasteiger charge is 2.25. The van der Waals surface area contributed by atoms with E-state index in [4.69, 9.17) is 24.3 Å². The Bertz CT molecular complexity index is 1260. The lowest BCUT2D eigenvalue weighted by molar-refractivity contribution is -0.154. The molecule has 0 bridgehead atoms. The second kappa shape index (κ2) is 43.0. The van der Waals surface area contributed by atoms with Crippen LogP contribution in [0.5, 0.6) is 0 Å². The molecular weight excluding hydrogens is 721 g/mol. The van der Waals surface area contributed by atoms with Crippen LogP contribution in [0.1, 0.15) is 129 Å². The van der Waals surface area contributed by atoms with Crippen LogP contribution in [-0.4, -0.2) is 49.9 Å². The summed E-state index contributed by atoms with van der Waals surface area (Å²) in [5.74, 6) is -0.390. The number of allylic oxidation sites excluding steroid dienone is 20. The number of phosphoric acid groups is 1. The van der Waals surface area contributed by atoms with Crippen molar-refractivity contribution < 1.29 is 32.8 Å². The molecule has 0 aliphatic rings. The van der Waals surface area contributed by atoms with Crippen LogP contribution in [0.25, 0.3) is 0 Å². The molecule has 0 aromatic heterocycles. The van der Waals surface area contributed by atoms with Gasteiger partial charge in [0, 0.05) is 19.6 Å². The number of nitrogens with two attached hydrogens (primary N) is 1. The number of hydrogen-bond acceptors (Lipinski definition) is 7. The molecule has 2 unspecified atom stereocenters. The van der Waals surface area contributed by atoms with Gasteiger partial charge in [0.2, 0.25) is 0 Å². The van der Waals surface area contributed by atoms with Gasteiger partial charge in [-0.05, 0) is 103 Å². The zero-order valence-electron chi connectivity index (χ0n) is 34.8. The maximum Gasteiger partial charge on any atom is 0.472 e. The first-order valence-electron chi connectivity index (χ1n) is 21.0. The van der Waals surface area contributed by atoms with Gasteiger partial charge in [-0.2, -0.15) is 0 Å². The SMILES string of the molecule is CC/C=C\C/C=C\C/C=C\C/C=C\C/C=C\C/C=C\CCCCC(=O)OC(COCCCCC/C=C\C/C=C\C/C=C\C/C=C\CC)COP(=O)(O)OCCN. The number of carbonyl (C=O) groups is 1. The van der Waals surface area contributed by atoms with Crippen molar-refractivity contribution in [3.63, 3.8) is 0 Å². The summed E-state index contributed by atoms with van der Waals surface area (Å²) < 4.78 is 33.3. The van der Waals surface area contributed by atoms with Crippen molar-refractivity contribution in [1.29, 1.82) is 0 Å². The fourth-order valence-electron chi connectivity index (χ4n) is 4.87. The van der Waals surface area contributed by atoms with E-state index in [0.29, 0.717) is 13.0 Å². The molecule has 0 radical (unpaired) electrons. The first-order valence-corrected chi connectivity index (χ1v) is 22.5. The Morgan fingerprint density at radius 3 is 1.38 bits per heavy atom. The summed E-state index contributed by atoms with van der Waals surface area (Å²) in [6, 6.07) is 0. The first kappa shape index (κ1) is 52.9.